The van der Waals surface area contributed by atoms with Gasteiger partial charge in [-0.3, -0.25) is 19.7 Å². The Morgan fingerprint density at radius 2 is 1.96 bits per heavy atom. The minimum Gasteiger partial charge on any atom is -0.452 e. The van der Waals surface area contributed by atoms with E-state index in [4.69, 9.17) is 16.3 Å². The molecule has 1 amide bonds. The molecule has 9 heteroatoms. The zero-order valence-corrected chi connectivity index (χ0v) is 15.3. The van der Waals surface area contributed by atoms with Crippen LogP contribution in [0.15, 0.2) is 53.4 Å². The van der Waals surface area contributed by atoms with Crippen molar-refractivity contribution in [3.05, 3.63) is 63.7 Å². The SMILES string of the molecule is CC(OC(=O)CSc1ccc(Cl)cc1)C(=O)Nc1cccc([N+](=O)[O-])c1. The van der Waals surface area contributed by atoms with Gasteiger partial charge in [0.15, 0.2) is 6.10 Å². The average molecular weight is 395 g/mol. The number of halogens is 1. The van der Waals surface area contributed by atoms with Crippen molar-refractivity contribution in [3.63, 3.8) is 0 Å². The van der Waals surface area contributed by atoms with E-state index in [2.05, 4.69) is 5.32 Å². The third-order valence-electron chi connectivity index (χ3n) is 3.17. The van der Waals surface area contributed by atoms with Crippen molar-refractivity contribution < 1.29 is 19.2 Å². The number of esters is 1. The third kappa shape index (κ3) is 6.05. The van der Waals surface area contributed by atoms with E-state index in [0.717, 1.165) is 4.90 Å². The molecule has 1 atom stereocenters. The summed E-state index contributed by atoms with van der Waals surface area (Å²) in [5.41, 5.74) is 0.106. The van der Waals surface area contributed by atoms with Crippen LogP contribution in [0.5, 0.6) is 0 Å². The Morgan fingerprint density at radius 3 is 2.62 bits per heavy atom. The minimum absolute atomic E-state index is 0.0378. The average Bonchev–Trinajstić information content (AvgIpc) is 2.61. The summed E-state index contributed by atoms with van der Waals surface area (Å²) >= 11 is 7.05. The second-order valence-corrected chi connectivity index (χ2v) is 6.66. The molecular formula is C17H15ClN2O5S. The molecule has 0 aliphatic rings. The third-order valence-corrected chi connectivity index (χ3v) is 4.41. The Labute approximate surface area is 158 Å². The van der Waals surface area contributed by atoms with Gasteiger partial charge in [0, 0.05) is 27.7 Å². The quantitative estimate of drug-likeness (QED) is 0.331. The Morgan fingerprint density at radius 1 is 1.27 bits per heavy atom. The zero-order chi connectivity index (χ0) is 19.1. The van der Waals surface area contributed by atoms with Crippen LogP contribution in [0.4, 0.5) is 11.4 Å². The number of anilines is 1. The Kier molecular flexibility index (Phi) is 6.99. The maximum Gasteiger partial charge on any atom is 0.317 e. The van der Waals surface area contributed by atoms with Crippen molar-refractivity contribution in [2.24, 2.45) is 0 Å². The summed E-state index contributed by atoms with van der Waals surface area (Å²) in [7, 11) is 0. The van der Waals surface area contributed by atoms with Crippen LogP contribution in [0.25, 0.3) is 0 Å². The molecule has 0 aliphatic carbocycles. The molecule has 2 rings (SSSR count). The van der Waals surface area contributed by atoms with E-state index in [-0.39, 0.29) is 17.1 Å². The molecule has 0 fully saturated rings. The molecule has 1 unspecified atom stereocenters. The Bertz CT molecular complexity index is 813. The largest absolute Gasteiger partial charge is 0.452 e. The van der Waals surface area contributed by atoms with Gasteiger partial charge in [-0.15, -0.1) is 11.8 Å². The van der Waals surface area contributed by atoms with Crippen molar-refractivity contribution in [1.29, 1.82) is 0 Å². The number of rotatable bonds is 7. The number of hydrogen-bond donors (Lipinski definition) is 1. The molecular weight excluding hydrogens is 380 g/mol. The molecule has 1 N–H and O–H groups in total. The van der Waals surface area contributed by atoms with E-state index in [1.807, 2.05) is 0 Å². The highest BCUT2D eigenvalue weighted by atomic mass is 35.5. The first-order valence-corrected chi connectivity index (χ1v) is 8.84. The van der Waals surface area contributed by atoms with Crippen molar-refractivity contribution >= 4 is 46.6 Å². The summed E-state index contributed by atoms with van der Waals surface area (Å²) in [5, 5.41) is 13.8. The minimum atomic E-state index is -1.03. The molecule has 0 saturated heterocycles. The van der Waals surface area contributed by atoms with Crippen LogP contribution in [0.1, 0.15) is 6.92 Å². The predicted molar refractivity (Wildman–Crippen MR) is 99.5 cm³/mol. The Hall–Kier alpha value is -2.58. The molecule has 0 aromatic heterocycles. The summed E-state index contributed by atoms with van der Waals surface area (Å²) in [6, 6.07) is 12.5. The van der Waals surface area contributed by atoms with Gasteiger partial charge >= 0.3 is 5.97 Å². The number of nitrogens with one attached hydrogen (secondary N) is 1. The number of nitro groups is 1. The van der Waals surface area contributed by atoms with Crippen molar-refractivity contribution in [1.82, 2.24) is 0 Å². The molecule has 0 radical (unpaired) electrons. The predicted octanol–water partition coefficient (Wildman–Crippen LogP) is 3.91. The van der Waals surface area contributed by atoms with Gasteiger partial charge in [0.2, 0.25) is 0 Å². The fourth-order valence-corrected chi connectivity index (χ4v) is 2.71. The number of carbonyl (C=O) groups excluding carboxylic acids is 2. The van der Waals surface area contributed by atoms with E-state index >= 15 is 0 Å². The normalized spacial score (nSPS) is 11.5. The summed E-state index contributed by atoms with van der Waals surface area (Å²) in [6.07, 6.45) is -1.03. The second-order valence-electron chi connectivity index (χ2n) is 5.17. The van der Waals surface area contributed by atoms with Gasteiger partial charge in [0.25, 0.3) is 11.6 Å². The Balaban J connectivity index is 1.84. The first kappa shape index (κ1) is 19.7. The van der Waals surface area contributed by atoms with Gasteiger partial charge in [-0.2, -0.15) is 0 Å². The molecule has 0 heterocycles. The molecule has 0 spiro atoms. The monoisotopic (exact) mass is 394 g/mol. The molecule has 136 valence electrons. The lowest BCUT2D eigenvalue weighted by Crippen LogP contribution is -2.30. The summed E-state index contributed by atoms with van der Waals surface area (Å²) < 4.78 is 5.08. The molecule has 2 aromatic carbocycles. The summed E-state index contributed by atoms with van der Waals surface area (Å²) in [5.74, 6) is -1.09. The molecule has 26 heavy (non-hydrogen) atoms. The number of carbonyl (C=O) groups is 2. The fourth-order valence-electron chi connectivity index (χ4n) is 1.90. The van der Waals surface area contributed by atoms with Crippen LogP contribution in [0.2, 0.25) is 5.02 Å². The highest BCUT2D eigenvalue weighted by Crippen LogP contribution is 2.21. The molecule has 0 bridgehead atoms. The number of non-ortho nitro benzene ring substituents is 1. The fraction of sp³-hybridized carbons (Fsp3) is 0.176. The van der Waals surface area contributed by atoms with Crippen molar-refractivity contribution in [2.45, 2.75) is 17.9 Å². The molecule has 7 nitrogen and oxygen atoms in total. The lowest BCUT2D eigenvalue weighted by atomic mass is 10.2. The number of nitro benzene ring substituents is 1. The first-order valence-electron chi connectivity index (χ1n) is 7.48. The van der Waals surface area contributed by atoms with Crippen LogP contribution >= 0.6 is 23.4 Å². The topological polar surface area (TPSA) is 98.5 Å². The van der Waals surface area contributed by atoms with Gasteiger partial charge < -0.3 is 10.1 Å². The lowest BCUT2D eigenvalue weighted by molar-refractivity contribution is -0.384. The summed E-state index contributed by atoms with van der Waals surface area (Å²) in [6.45, 7) is 1.43. The molecule has 2 aromatic rings. The van der Waals surface area contributed by atoms with E-state index < -0.39 is 22.9 Å². The van der Waals surface area contributed by atoms with Gasteiger partial charge in [0.05, 0.1) is 10.7 Å². The number of nitrogens with zero attached hydrogens (tertiary/aromatic N) is 1. The van der Waals surface area contributed by atoms with Crippen LogP contribution in [0.3, 0.4) is 0 Å². The van der Waals surface area contributed by atoms with Gasteiger partial charge in [0.1, 0.15) is 0 Å². The van der Waals surface area contributed by atoms with E-state index in [9.17, 15) is 19.7 Å². The number of amides is 1. The number of benzene rings is 2. The van der Waals surface area contributed by atoms with E-state index in [1.165, 1.54) is 43.0 Å². The van der Waals surface area contributed by atoms with E-state index in [0.29, 0.717) is 5.02 Å². The van der Waals surface area contributed by atoms with Crippen LogP contribution in [-0.4, -0.2) is 28.7 Å². The van der Waals surface area contributed by atoms with Gasteiger partial charge in [-0.05, 0) is 37.3 Å². The number of thioether (sulfide) groups is 1. The highest BCUT2D eigenvalue weighted by molar-refractivity contribution is 8.00. The maximum absolute atomic E-state index is 12.1. The number of ether oxygens (including phenoxy) is 1. The summed E-state index contributed by atoms with van der Waals surface area (Å²) in [4.78, 5) is 34.9. The number of hydrogen-bond acceptors (Lipinski definition) is 6. The van der Waals surface area contributed by atoms with Crippen LogP contribution in [-0.2, 0) is 14.3 Å². The highest BCUT2D eigenvalue weighted by Gasteiger charge is 2.19. The van der Waals surface area contributed by atoms with Gasteiger partial charge in [-0.1, -0.05) is 17.7 Å². The van der Waals surface area contributed by atoms with Crippen molar-refractivity contribution in [2.75, 3.05) is 11.1 Å². The molecule has 0 saturated carbocycles. The van der Waals surface area contributed by atoms with Gasteiger partial charge in [-0.25, -0.2) is 0 Å². The van der Waals surface area contributed by atoms with E-state index in [1.54, 1.807) is 24.3 Å². The van der Waals surface area contributed by atoms with Crippen LogP contribution < -0.4 is 5.32 Å². The standard InChI is InChI=1S/C17H15ClN2O5S/c1-11(17(22)19-13-3-2-4-14(9-13)20(23)24)25-16(21)10-26-15-7-5-12(18)6-8-15/h2-9,11H,10H2,1H3,(H,19,22). The maximum atomic E-state index is 12.1. The lowest BCUT2D eigenvalue weighted by Gasteiger charge is -2.13. The first-order chi connectivity index (χ1) is 12.3. The van der Waals surface area contributed by atoms with Crippen LogP contribution in [0, 0.1) is 10.1 Å². The zero-order valence-electron chi connectivity index (χ0n) is 13.7. The second kappa shape index (κ2) is 9.21. The van der Waals surface area contributed by atoms with Crippen molar-refractivity contribution in [3.8, 4) is 0 Å². The smallest absolute Gasteiger partial charge is 0.317 e. The molecule has 0 aliphatic heterocycles.